The second-order valence-electron chi connectivity index (χ2n) is 3.46. The van der Waals surface area contributed by atoms with Gasteiger partial charge in [-0.05, 0) is 25.1 Å². The number of hydrogen-bond acceptors (Lipinski definition) is 2. The third kappa shape index (κ3) is 3.99. The van der Waals surface area contributed by atoms with E-state index in [1.54, 1.807) is 6.92 Å². The fourth-order valence-corrected chi connectivity index (χ4v) is 1.64. The third-order valence-corrected chi connectivity index (χ3v) is 2.66. The smallest absolute Gasteiger partial charge is 0.323 e. The molecule has 0 spiro atoms. The lowest BCUT2D eigenvalue weighted by molar-refractivity contribution is -0.137. The van der Waals surface area contributed by atoms with Crippen molar-refractivity contribution in [1.82, 2.24) is 4.90 Å². The van der Waals surface area contributed by atoms with Crippen LogP contribution in [0.2, 0.25) is 0 Å². The van der Waals surface area contributed by atoms with E-state index in [1.807, 2.05) is 0 Å². The Balaban J connectivity index is 2.79. The summed E-state index contributed by atoms with van der Waals surface area (Å²) in [5, 5.41) is 11.0. The van der Waals surface area contributed by atoms with Crippen molar-refractivity contribution in [3.05, 3.63) is 28.5 Å². The van der Waals surface area contributed by atoms with Crippen molar-refractivity contribution < 1.29 is 19.1 Å². The summed E-state index contributed by atoms with van der Waals surface area (Å²) in [6.45, 7) is 1.42. The molecule has 0 radical (unpaired) electrons. The number of carbonyl (C=O) groups is 2. The van der Waals surface area contributed by atoms with Gasteiger partial charge in [0, 0.05) is 11.0 Å². The van der Waals surface area contributed by atoms with Crippen LogP contribution in [0.1, 0.15) is 6.92 Å². The van der Waals surface area contributed by atoms with Crippen molar-refractivity contribution in [2.24, 2.45) is 0 Å². The number of halogens is 2. The molecule has 0 fully saturated rings. The Bertz CT molecular complexity index is 468. The molecule has 0 aliphatic carbocycles. The van der Waals surface area contributed by atoms with Gasteiger partial charge in [0.2, 0.25) is 0 Å². The number of likely N-dealkylation sites (N-methyl/N-ethyl adjacent to an activating group) is 1. The standard InChI is InChI=1S/C11H12BrFN2O3/c1-2-15(6-10(16)17)11(18)14-9-5-7(12)3-4-8(9)13/h3-5H,2,6H2,1H3,(H,14,18)(H,16,17). The zero-order valence-corrected chi connectivity index (χ0v) is 11.2. The van der Waals surface area contributed by atoms with Gasteiger partial charge in [-0.2, -0.15) is 0 Å². The molecular formula is C11H12BrFN2O3. The minimum atomic E-state index is -1.12. The minimum Gasteiger partial charge on any atom is -0.480 e. The lowest BCUT2D eigenvalue weighted by Gasteiger charge is -2.19. The number of amides is 2. The number of carboxylic acids is 1. The number of carboxylic acid groups (broad SMARTS) is 1. The number of carbonyl (C=O) groups excluding carboxylic acids is 1. The molecule has 2 amide bonds. The van der Waals surface area contributed by atoms with E-state index in [0.29, 0.717) is 4.47 Å². The molecule has 1 aromatic carbocycles. The van der Waals surface area contributed by atoms with E-state index in [0.717, 1.165) is 4.90 Å². The lowest BCUT2D eigenvalue weighted by atomic mass is 10.3. The summed E-state index contributed by atoms with van der Waals surface area (Å²) >= 11 is 3.15. The number of benzene rings is 1. The molecule has 1 aromatic rings. The Kier molecular flexibility index (Phi) is 5.08. The Hall–Kier alpha value is -1.63. The van der Waals surface area contributed by atoms with Crippen molar-refractivity contribution in [3.8, 4) is 0 Å². The molecule has 7 heteroatoms. The average Bonchev–Trinajstić information content (AvgIpc) is 2.30. The number of anilines is 1. The van der Waals surface area contributed by atoms with Crippen LogP contribution in [0, 0.1) is 5.82 Å². The first-order valence-corrected chi connectivity index (χ1v) is 5.96. The van der Waals surface area contributed by atoms with Crippen LogP contribution < -0.4 is 5.32 Å². The number of rotatable bonds is 4. The fourth-order valence-electron chi connectivity index (χ4n) is 1.28. The zero-order chi connectivity index (χ0) is 13.7. The molecule has 0 saturated heterocycles. The Labute approximate surface area is 112 Å². The van der Waals surface area contributed by atoms with Gasteiger partial charge in [0.15, 0.2) is 0 Å². The Morgan fingerprint density at radius 1 is 1.50 bits per heavy atom. The maximum absolute atomic E-state index is 13.4. The highest BCUT2D eigenvalue weighted by Gasteiger charge is 2.16. The normalized spacial score (nSPS) is 9.94. The van der Waals surface area contributed by atoms with E-state index in [-0.39, 0.29) is 12.2 Å². The van der Waals surface area contributed by atoms with Crippen LogP contribution in [-0.2, 0) is 4.79 Å². The highest BCUT2D eigenvalue weighted by Crippen LogP contribution is 2.20. The van der Waals surface area contributed by atoms with E-state index in [1.165, 1.54) is 18.2 Å². The highest BCUT2D eigenvalue weighted by atomic mass is 79.9. The molecule has 0 saturated carbocycles. The third-order valence-electron chi connectivity index (χ3n) is 2.17. The highest BCUT2D eigenvalue weighted by molar-refractivity contribution is 9.10. The molecule has 98 valence electrons. The topological polar surface area (TPSA) is 69.6 Å². The molecule has 0 bridgehead atoms. The summed E-state index contributed by atoms with van der Waals surface area (Å²) in [4.78, 5) is 23.3. The predicted octanol–water partition coefficient (Wildman–Crippen LogP) is 2.53. The molecule has 0 aliphatic heterocycles. The lowest BCUT2D eigenvalue weighted by Crippen LogP contribution is -2.38. The van der Waals surface area contributed by atoms with Crippen LogP contribution in [0.4, 0.5) is 14.9 Å². The van der Waals surface area contributed by atoms with Gasteiger partial charge in [0.1, 0.15) is 12.4 Å². The van der Waals surface area contributed by atoms with Crippen molar-refractivity contribution in [1.29, 1.82) is 0 Å². The molecule has 2 N–H and O–H groups in total. The predicted molar refractivity (Wildman–Crippen MR) is 68.0 cm³/mol. The first-order chi connectivity index (χ1) is 8.43. The number of nitrogens with zero attached hydrogens (tertiary/aromatic N) is 1. The Morgan fingerprint density at radius 2 is 2.17 bits per heavy atom. The monoisotopic (exact) mass is 318 g/mol. The molecule has 0 aliphatic rings. The van der Waals surface area contributed by atoms with Gasteiger partial charge < -0.3 is 15.3 Å². The SMILES string of the molecule is CCN(CC(=O)O)C(=O)Nc1cc(Br)ccc1F. The van der Waals surface area contributed by atoms with E-state index >= 15 is 0 Å². The molecule has 0 unspecified atom stereocenters. The fraction of sp³-hybridized carbons (Fsp3) is 0.273. The van der Waals surface area contributed by atoms with Gasteiger partial charge in [-0.3, -0.25) is 4.79 Å². The van der Waals surface area contributed by atoms with Gasteiger partial charge >= 0.3 is 12.0 Å². The van der Waals surface area contributed by atoms with E-state index in [2.05, 4.69) is 21.2 Å². The zero-order valence-electron chi connectivity index (χ0n) is 9.61. The van der Waals surface area contributed by atoms with Gasteiger partial charge in [-0.1, -0.05) is 15.9 Å². The van der Waals surface area contributed by atoms with Crippen molar-refractivity contribution in [3.63, 3.8) is 0 Å². The maximum atomic E-state index is 13.4. The van der Waals surface area contributed by atoms with Crippen molar-refractivity contribution in [2.45, 2.75) is 6.92 Å². The summed E-state index contributed by atoms with van der Waals surface area (Å²) in [7, 11) is 0. The van der Waals surface area contributed by atoms with Gasteiger partial charge in [0.25, 0.3) is 0 Å². The molecule has 0 aromatic heterocycles. The van der Waals surface area contributed by atoms with Crippen molar-refractivity contribution >= 4 is 33.6 Å². The molecule has 1 rings (SSSR count). The van der Waals surface area contributed by atoms with Crippen LogP contribution in [0.3, 0.4) is 0 Å². The summed E-state index contributed by atoms with van der Waals surface area (Å²) in [5.41, 5.74) is -0.00165. The van der Waals surface area contributed by atoms with Gasteiger partial charge in [-0.15, -0.1) is 0 Å². The first-order valence-electron chi connectivity index (χ1n) is 5.16. The number of aliphatic carboxylic acids is 1. The van der Waals surface area contributed by atoms with Crippen LogP contribution >= 0.6 is 15.9 Å². The summed E-state index contributed by atoms with van der Waals surface area (Å²) in [6, 6.07) is 3.45. The Morgan fingerprint density at radius 3 is 2.72 bits per heavy atom. The molecular weight excluding hydrogens is 307 g/mol. The van der Waals surface area contributed by atoms with E-state index in [4.69, 9.17) is 5.11 Å². The van der Waals surface area contributed by atoms with Crippen LogP contribution in [0.5, 0.6) is 0 Å². The van der Waals surface area contributed by atoms with E-state index < -0.39 is 24.4 Å². The van der Waals surface area contributed by atoms with Crippen LogP contribution in [-0.4, -0.2) is 35.1 Å². The quantitative estimate of drug-likeness (QED) is 0.896. The molecule has 18 heavy (non-hydrogen) atoms. The molecule has 5 nitrogen and oxygen atoms in total. The maximum Gasteiger partial charge on any atom is 0.323 e. The second kappa shape index (κ2) is 6.34. The summed E-state index contributed by atoms with van der Waals surface area (Å²) in [6.07, 6.45) is 0. The second-order valence-corrected chi connectivity index (χ2v) is 4.38. The van der Waals surface area contributed by atoms with Crippen LogP contribution in [0.25, 0.3) is 0 Å². The number of nitrogens with one attached hydrogen (secondary N) is 1. The molecule has 0 heterocycles. The number of urea groups is 1. The largest absolute Gasteiger partial charge is 0.480 e. The minimum absolute atomic E-state index is 0.00165. The molecule has 0 atom stereocenters. The summed E-state index contributed by atoms with van der Waals surface area (Å²) in [5.74, 6) is -1.71. The van der Waals surface area contributed by atoms with Crippen molar-refractivity contribution in [2.75, 3.05) is 18.4 Å². The van der Waals surface area contributed by atoms with E-state index in [9.17, 15) is 14.0 Å². The van der Waals surface area contributed by atoms with Gasteiger partial charge in [-0.25, -0.2) is 9.18 Å². The average molecular weight is 319 g/mol. The van der Waals surface area contributed by atoms with Crippen LogP contribution in [0.15, 0.2) is 22.7 Å². The van der Waals surface area contributed by atoms with Gasteiger partial charge in [0.05, 0.1) is 5.69 Å². The summed E-state index contributed by atoms with van der Waals surface area (Å²) < 4.78 is 14.0. The number of hydrogen-bond donors (Lipinski definition) is 2. The first kappa shape index (κ1) is 14.4.